The molecule has 14 heteroatoms. The van der Waals surface area contributed by atoms with Crippen LogP contribution in [-0.4, -0.2) is 87.1 Å². The van der Waals surface area contributed by atoms with Crippen molar-refractivity contribution < 1.29 is 33.5 Å². The maximum Gasteiger partial charge on any atom is 0.408 e. The minimum atomic E-state index is -1.28. The van der Waals surface area contributed by atoms with Crippen LogP contribution in [0.15, 0.2) is 36.9 Å². The molecule has 274 valence electrons. The summed E-state index contributed by atoms with van der Waals surface area (Å²) in [6.07, 6.45) is 2.17. The lowest BCUT2D eigenvalue weighted by molar-refractivity contribution is -0.144. The van der Waals surface area contributed by atoms with Crippen molar-refractivity contribution in [3.05, 3.63) is 48.0 Å². The standard InChI is InChI=1S/C36H49Cl2N5O7/c1-8-9-14-24(29(45)31(47)39-16-15-25(44)42-34(2,3)4)40-30(46)28-26-23(36(26,37)38)19-43(28)32(48)27(41-33(49)50-35(5,6)7)22-17-20-12-10-11-13-21(20)18-22/h8,10-13,22-24,26-28H,1,9,14-19H2,2-7H3,(H,39,47)(H,40,46)(H,41,49)(H,42,44). The Morgan fingerprint density at radius 3 is 2.20 bits per heavy atom. The third kappa shape index (κ3) is 9.57. The van der Waals surface area contributed by atoms with Crippen LogP contribution in [0, 0.1) is 17.8 Å². The Hall–Kier alpha value is -3.64. The molecular weight excluding hydrogens is 685 g/mol. The topological polar surface area (TPSA) is 163 Å². The summed E-state index contributed by atoms with van der Waals surface area (Å²) in [4.78, 5) is 81.3. The van der Waals surface area contributed by atoms with E-state index in [9.17, 15) is 28.8 Å². The van der Waals surface area contributed by atoms with Crippen LogP contribution in [-0.2, 0) is 41.6 Å². The van der Waals surface area contributed by atoms with Gasteiger partial charge in [0.05, 0.1) is 6.04 Å². The molecule has 1 aromatic carbocycles. The molecule has 2 fully saturated rings. The van der Waals surface area contributed by atoms with E-state index >= 15 is 0 Å². The molecule has 50 heavy (non-hydrogen) atoms. The highest BCUT2D eigenvalue weighted by Gasteiger charge is 2.74. The van der Waals surface area contributed by atoms with E-state index in [0.717, 1.165) is 11.1 Å². The van der Waals surface area contributed by atoms with Gasteiger partial charge in [-0.05, 0) is 84.3 Å². The molecule has 1 saturated heterocycles. The smallest absolute Gasteiger partial charge is 0.408 e. The van der Waals surface area contributed by atoms with Crippen molar-refractivity contribution in [2.75, 3.05) is 13.1 Å². The van der Waals surface area contributed by atoms with Crippen LogP contribution < -0.4 is 21.3 Å². The number of hydrogen-bond donors (Lipinski definition) is 4. The third-order valence-electron chi connectivity index (χ3n) is 9.04. The third-order valence-corrected chi connectivity index (χ3v) is 10.1. The molecule has 0 bridgehead atoms. The van der Waals surface area contributed by atoms with Crippen molar-refractivity contribution in [2.45, 2.75) is 107 Å². The molecule has 1 saturated carbocycles. The summed E-state index contributed by atoms with van der Waals surface area (Å²) in [6, 6.07) is 4.35. The first-order chi connectivity index (χ1) is 23.2. The van der Waals surface area contributed by atoms with E-state index in [1.807, 2.05) is 45.0 Å². The minimum Gasteiger partial charge on any atom is -0.444 e. The summed E-state index contributed by atoms with van der Waals surface area (Å²) < 4.78 is 4.23. The van der Waals surface area contributed by atoms with Gasteiger partial charge < -0.3 is 30.9 Å². The highest BCUT2D eigenvalue weighted by atomic mass is 35.5. The average molecular weight is 735 g/mol. The van der Waals surface area contributed by atoms with Crippen LogP contribution in [0.5, 0.6) is 0 Å². The van der Waals surface area contributed by atoms with Crippen LogP contribution >= 0.6 is 23.2 Å². The summed E-state index contributed by atoms with van der Waals surface area (Å²) in [5.41, 5.74) is 0.863. The Kier molecular flexibility index (Phi) is 12.0. The Morgan fingerprint density at radius 1 is 1.02 bits per heavy atom. The fourth-order valence-corrected chi connectivity index (χ4v) is 7.61. The van der Waals surface area contributed by atoms with E-state index in [-0.39, 0.29) is 37.8 Å². The Balaban J connectivity index is 1.52. The van der Waals surface area contributed by atoms with E-state index in [4.69, 9.17) is 27.9 Å². The number of benzene rings is 1. The summed E-state index contributed by atoms with van der Waals surface area (Å²) >= 11 is 13.2. The number of rotatable bonds is 13. The fraction of sp³-hybridized carbons (Fsp3) is 0.611. The summed E-state index contributed by atoms with van der Waals surface area (Å²) in [7, 11) is 0. The normalized spacial score (nSPS) is 21.9. The maximum absolute atomic E-state index is 14.4. The number of amides is 5. The zero-order valence-corrected chi connectivity index (χ0v) is 31.1. The minimum absolute atomic E-state index is 0.0414. The molecule has 12 nitrogen and oxygen atoms in total. The number of hydrogen-bond acceptors (Lipinski definition) is 7. The van der Waals surface area contributed by atoms with Crippen molar-refractivity contribution >= 4 is 58.7 Å². The summed E-state index contributed by atoms with van der Waals surface area (Å²) in [5, 5.41) is 10.7. The lowest BCUT2D eigenvalue weighted by atomic mass is 9.94. The molecule has 2 aliphatic carbocycles. The number of ketones is 1. The predicted octanol–water partition coefficient (Wildman–Crippen LogP) is 3.37. The van der Waals surface area contributed by atoms with Crippen LogP contribution in [0.4, 0.5) is 4.79 Å². The van der Waals surface area contributed by atoms with E-state index in [2.05, 4.69) is 27.8 Å². The quantitative estimate of drug-likeness (QED) is 0.137. The number of likely N-dealkylation sites (tertiary alicyclic amines) is 1. The molecule has 0 radical (unpaired) electrons. The van der Waals surface area contributed by atoms with Crippen LogP contribution in [0.25, 0.3) is 0 Å². The molecule has 0 aromatic heterocycles. The van der Waals surface area contributed by atoms with Crippen LogP contribution in [0.2, 0.25) is 0 Å². The van der Waals surface area contributed by atoms with E-state index in [1.165, 1.54) is 4.90 Å². The number of nitrogens with one attached hydrogen (secondary N) is 4. The highest BCUT2D eigenvalue weighted by molar-refractivity contribution is 6.51. The second-order valence-electron chi connectivity index (χ2n) is 15.4. The lowest BCUT2D eigenvalue weighted by Gasteiger charge is -2.35. The van der Waals surface area contributed by atoms with Gasteiger partial charge in [-0.1, -0.05) is 30.3 Å². The second kappa shape index (κ2) is 15.3. The first kappa shape index (κ1) is 39.2. The molecule has 5 amide bonds. The SMILES string of the molecule is C=CCCC(NC(=O)C1C2C(CN1C(=O)C(NC(=O)OC(C)(C)C)C1Cc3ccccc3C1)C2(Cl)Cl)C(=O)C(=O)NCCC(=O)NC(C)(C)C. The lowest BCUT2D eigenvalue weighted by Crippen LogP contribution is -2.60. The number of piperidine rings is 1. The van der Waals surface area contributed by atoms with Crippen molar-refractivity contribution in [3.63, 3.8) is 0 Å². The number of fused-ring (bicyclic) bond motifs is 2. The van der Waals surface area contributed by atoms with Gasteiger partial charge in [0, 0.05) is 36.9 Å². The summed E-state index contributed by atoms with van der Waals surface area (Å²) in [5.74, 6) is -4.72. The molecule has 1 aromatic rings. The molecule has 3 aliphatic rings. The Morgan fingerprint density at radius 2 is 1.64 bits per heavy atom. The molecule has 0 spiro atoms. The molecule has 1 aliphatic heterocycles. The van der Waals surface area contributed by atoms with Crippen LogP contribution in [0.1, 0.15) is 71.9 Å². The molecule has 5 atom stereocenters. The fourth-order valence-electron chi connectivity index (χ4n) is 6.78. The molecule has 5 unspecified atom stereocenters. The van der Waals surface area contributed by atoms with Crippen molar-refractivity contribution in [2.24, 2.45) is 17.8 Å². The number of carbonyl (C=O) groups is 6. The second-order valence-corrected chi connectivity index (χ2v) is 16.8. The molecule has 4 N–H and O–H groups in total. The van der Waals surface area contributed by atoms with Gasteiger partial charge in [0.25, 0.3) is 5.91 Å². The first-order valence-corrected chi connectivity index (χ1v) is 17.8. The number of ether oxygens (including phenoxy) is 1. The largest absolute Gasteiger partial charge is 0.444 e. The van der Waals surface area contributed by atoms with Crippen molar-refractivity contribution in [1.29, 1.82) is 0 Å². The number of alkyl carbamates (subject to hydrolysis) is 1. The highest BCUT2D eigenvalue weighted by Crippen LogP contribution is 2.65. The first-order valence-electron chi connectivity index (χ1n) is 17.0. The van der Waals surface area contributed by atoms with Gasteiger partial charge in [-0.15, -0.1) is 29.8 Å². The number of nitrogens with zero attached hydrogens (tertiary/aromatic N) is 1. The molecule has 1 heterocycles. The number of carbonyl (C=O) groups excluding carboxylic acids is 6. The summed E-state index contributed by atoms with van der Waals surface area (Å²) in [6.45, 7) is 14.3. The Bertz CT molecular complexity index is 1490. The number of Topliss-reactive ketones (excluding diaryl/α,β-unsaturated/α-hetero) is 1. The molecule has 4 rings (SSSR count). The predicted molar refractivity (Wildman–Crippen MR) is 189 cm³/mol. The van der Waals surface area contributed by atoms with E-state index < -0.39 is 75.0 Å². The van der Waals surface area contributed by atoms with E-state index in [0.29, 0.717) is 19.3 Å². The van der Waals surface area contributed by atoms with E-state index in [1.54, 1.807) is 26.8 Å². The van der Waals surface area contributed by atoms with Gasteiger partial charge in [-0.2, -0.15) is 0 Å². The number of allylic oxidation sites excluding steroid dienone is 1. The van der Waals surface area contributed by atoms with Gasteiger partial charge in [0.2, 0.25) is 23.5 Å². The number of alkyl halides is 2. The number of halogens is 2. The Labute approximate surface area is 303 Å². The van der Waals surface area contributed by atoms with Gasteiger partial charge in [0.15, 0.2) is 0 Å². The molecular formula is C36H49Cl2N5O7. The average Bonchev–Trinajstić information content (AvgIpc) is 3.36. The van der Waals surface area contributed by atoms with Crippen LogP contribution in [0.3, 0.4) is 0 Å². The maximum atomic E-state index is 14.4. The van der Waals surface area contributed by atoms with Gasteiger partial charge in [-0.25, -0.2) is 4.79 Å². The van der Waals surface area contributed by atoms with Crippen molar-refractivity contribution in [3.8, 4) is 0 Å². The monoisotopic (exact) mass is 733 g/mol. The van der Waals surface area contributed by atoms with Gasteiger partial charge in [0.1, 0.15) is 22.0 Å². The zero-order chi connectivity index (χ0) is 37.2. The van der Waals surface area contributed by atoms with Gasteiger partial charge >= 0.3 is 6.09 Å². The van der Waals surface area contributed by atoms with Crippen molar-refractivity contribution in [1.82, 2.24) is 26.2 Å². The zero-order valence-electron chi connectivity index (χ0n) is 29.6. The van der Waals surface area contributed by atoms with Gasteiger partial charge in [-0.3, -0.25) is 24.0 Å².